The first kappa shape index (κ1) is 10.7. The van der Waals surface area contributed by atoms with E-state index in [1.54, 1.807) is 0 Å². The minimum Gasteiger partial charge on any atom is -0.378 e. The van der Waals surface area contributed by atoms with Crippen LogP contribution >= 0.6 is 22.6 Å². The highest BCUT2D eigenvalue weighted by Gasteiger charge is 2.42. The molecule has 0 aliphatic carbocycles. The maximum Gasteiger partial charge on any atom is 0.134 e. The number of hydrogen-bond acceptors (Lipinski definition) is 3. The first-order chi connectivity index (χ1) is 6.77. The van der Waals surface area contributed by atoms with E-state index >= 15 is 0 Å². The first-order valence-electron chi connectivity index (χ1n) is 5.15. The molecule has 2 fully saturated rings. The van der Waals surface area contributed by atoms with Crippen molar-refractivity contribution in [2.75, 3.05) is 26.3 Å². The molecule has 0 saturated carbocycles. The van der Waals surface area contributed by atoms with Gasteiger partial charge in [0.15, 0.2) is 0 Å². The van der Waals surface area contributed by atoms with E-state index in [0.717, 1.165) is 30.0 Å². The summed E-state index contributed by atoms with van der Waals surface area (Å²) < 4.78 is 6.16. The van der Waals surface area contributed by atoms with Crippen molar-refractivity contribution < 1.29 is 4.74 Å². The summed E-state index contributed by atoms with van der Waals surface area (Å²) in [6.07, 6.45) is 3.31. The largest absolute Gasteiger partial charge is 0.378 e. The number of hydrogen-bond donors (Lipinski definition) is 0. The minimum absolute atomic E-state index is 0.295. The molecule has 14 heavy (non-hydrogen) atoms. The summed E-state index contributed by atoms with van der Waals surface area (Å²) in [7, 11) is 0. The van der Waals surface area contributed by atoms with Crippen molar-refractivity contribution in [3.05, 3.63) is 0 Å². The molecule has 0 aromatic heterocycles. The highest BCUT2D eigenvalue weighted by atomic mass is 127. The van der Waals surface area contributed by atoms with Crippen LogP contribution in [0.2, 0.25) is 0 Å². The number of alkyl halides is 1. The van der Waals surface area contributed by atoms with Gasteiger partial charge < -0.3 is 4.74 Å². The minimum atomic E-state index is -0.295. The van der Waals surface area contributed by atoms with Crippen molar-refractivity contribution in [3.8, 4) is 6.07 Å². The topological polar surface area (TPSA) is 36.3 Å². The Labute approximate surface area is 98.5 Å². The smallest absolute Gasteiger partial charge is 0.134 e. The van der Waals surface area contributed by atoms with E-state index in [1.165, 1.54) is 12.8 Å². The average molecular weight is 306 g/mol. The van der Waals surface area contributed by atoms with Crippen molar-refractivity contribution in [2.45, 2.75) is 28.7 Å². The number of likely N-dealkylation sites (tertiary alicyclic amines) is 1. The van der Waals surface area contributed by atoms with Crippen molar-refractivity contribution in [1.82, 2.24) is 4.90 Å². The lowest BCUT2D eigenvalue weighted by Gasteiger charge is -2.38. The molecule has 0 radical (unpaired) electrons. The normalized spacial score (nSPS) is 35.7. The van der Waals surface area contributed by atoms with E-state index in [-0.39, 0.29) is 5.54 Å². The van der Waals surface area contributed by atoms with Gasteiger partial charge in [0.25, 0.3) is 0 Å². The second-order valence-electron chi connectivity index (χ2n) is 4.11. The summed E-state index contributed by atoms with van der Waals surface area (Å²) in [6.45, 7) is 3.47. The average Bonchev–Trinajstić information content (AvgIpc) is 2.68. The number of halogens is 1. The SMILES string of the molecule is N#CC1(N2CCC(I)CC2)CCOC1. The molecule has 0 aromatic rings. The Hall–Kier alpha value is 0.140. The van der Waals surface area contributed by atoms with E-state index in [2.05, 4.69) is 33.6 Å². The van der Waals surface area contributed by atoms with Crippen LogP contribution in [0.5, 0.6) is 0 Å². The fourth-order valence-corrected chi connectivity index (χ4v) is 2.80. The van der Waals surface area contributed by atoms with E-state index in [1.807, 2.05) is 0 Å². The van der Waals surface area contributed by atoms with Gasteiger partial charge in [-0.1, -0.05) is 22.6 Å². The molecule has 0 spiro atoms. The number of piperidine rings is 1. The molecule has 2 heterocycles. The molecule has 2 saturated heterocycles. The van der Waals surface area contributed by atoms with Crippen molar-refractivity contribution >= 4 is 22.6 Å². The molecule has 1 unspecified atom stereocenters. The molecule has 1 atom stereocenters. The van der Waals surface area contributed by atoms with Crippen LogP contribution in [-0.4, -0.2) is 40.7 Å². The number of rotatable bonds is 1. The van der Waals surface area contributed by atoms with Gasteiger partial charge in [-0.05, 0) is 12.8 Å². The van der Waals surface area contributed by atoms with Gasteiger partial charge in [0.2, 0.25) is 0 Å². The molecular weight excluding hydrogens is 291 g/mol. The van der Waals surface area contributed by atoms with E-state index in [9.17, 15) is 5.26 Å². The number of nitriles is 1. The second-order valence-corrected chi connectivity index (χ2v) is 5.87. The summed E-state index contributed by atoms with van der Waals surface area (Å²) in [6, 6.07) is 2.46. The Morgan fingerprint density at radius 1 is 1.43 bits per heavy atom. The van der Waals surface area contributed by atoms with Gasteiger partial charge in [-0.2, -0.15) is 5.26 Å². The molecule has 0 aromatic carbocycles. The van der Waals surface area contributed by atoms with Crippen molar-refractivity contribution in [3.63, 3.8) is 0 Å². The third kappa shape index (κ3) is 1.90. The number of ether oxygens (including phenoxy) is 1. The summed E-state index contributed by atoms with van der Waals surface area (Å²) in [4.78, 5) is 2.33. The highest BCUT2D eigenvalue weighted by Crippen LogP contribution is 2.30. The Balaban J connectivity index is 2.02. The van der Waals surface area contributed by atoms with E-state index in [0.29, 0.717) is 6.61 Å². The summed E-state index contributed by atoms with van der Waals surface area (Å²) >= 11 is 2.51. The molecule has 0 N–H and O–H groups in total. The van der Waals surface area contributed by atoms with Crippen LogP contribution in [0.15, 0.2) is 0 Å². The Bertz CT molecular complexity index is 237. The van der Waals surface area contributed by atoms with Gasteiger partial charge >= 0.3 is 0 Å². The summed E-state index contributed by atoms with van der Waals surface area (Å²) in [5.41, 5.74) is -0.295. The Kier molecular flexibility index (Phi) is 3.30. The van der Waals surface area contributed by atoms with Crippen LogP contribution in [0.3, 0.4) is 0 Å². The Morgan fingerprint density at radius 2 is 2.14 bits per heavy atom. The number of nitrogens with zero attached hydrogens (tertiary/aromatic N) is 2. The molecule has 78 valence electrons. The molecule has 2 rings (SSSR count). The maximum absolute atomic E-state index is 9.26. The Morgan fingerprint density at radius 3 is 2.64 bits per heavy atom. The van der Waals surface area contributed by atoms with Crippen molar-refractivity contribution in [2.24, 2.45) is 0 Å². The fourth-order valence-electron chi connectivity index (χ4n) is 2.24. The predicted molar refractivity (Wildman–Crippen MR) is 62.4 cm³/mol. The lowest BCUT2D eigenvalue weighted by Crippen LogP contribution is -2.51. The molecule has 4 heteroatoms. The van der Waals surface area contributed by atoms with Gasteiger partial charge in [0.05, 0.1) is 12.7 Å². The molecule has 0 amide bonds. The second kappa shape index (κ2) is 4.33. The van der Waals surface area contributed by atoms with Gasteiger partial charge in [-0.3, -0.25) is 4.90 Å². The molecule has 3 nitrogen and oxygen atoms in total. The first-order valence-corrected chi connectivity index (χ1v) is 6.39. The van der Waals surface area contributed by atoms with Crippen LogP contribution < -0.4 is 0 Å². The lowest BCUT2D eigenvalue weighted by molar-refractivity contribution is 0.0903. The van der Waals surface area contributed by atoms with Crippen molar-refractivity contribution in [1.29, 1.82) is 5.26 Å². The maximum atomic E-state index is 9.26. The van der Waals surface area contributed by atoms with Crippen LogP contribution in [0.4, 0.5) is 0 Å². The summed E-state index contributed by atoms with van der Waals surface area (Å²) in [5, 5.41) is 9.26. The highest BCUT2D eigenvalue weighted by molar-refractivity contribution is 14.1. The van der Waals surface area contributed by atoms with Gasteiger partial charge in [0.1, 0.15) is 5.54 Å². The van der Waals surface area contributed by atoms with Crippen LogP contribution in [-0.2, 0) is 4.74 Å². The molecule has 2 aliphatic rings. The molecule has 2 aliphatic heterocycles. The molecule has 0 bridgehead atoms. The third-order valence-electron chi connectivity index (χ3n) is 3.24. The lowest BCUT2D eigenvalue weighted by atomic mass is 9.95. The zero-order chi connectivity index (χ0) is 10.0. The van der Waals surface area contributed by atoms with Gasteiger partial charge in [0, 0.05) is 30.0 Å². The standard InChI is InChI=1S/C10H15IN2O/c11-9-1-4-13(5-2-9)10(7-12)3-6-14-8-10/h9H,1-6,8H2. The zero-order valence-corrected chi connectivity index (χ0v) is 10.4. The van der Waals surface area contributed by atoms with Crippen LogP contribution in [0, 0.1) is 11.3 Å². The fraction of sp³-hybridized carbons (Fsp3) is 0.900. The molecular formula is C10H15IN2O. The zero-order valence-electron chi connectivity index (χ0n) is 8.21. The van der Waals surface area contributed by atoms with Crippen LogP contribution in [0.1, 0.15) is 19.3 Å². The van der Waals surface area contributed by atoms with Gasteiger partial charge in [-0.25, -0.2) is 0 Å². The van der Waals surface area contributed by atoms with Gasteiger partial charge in [-0.15, -0.1) is 0 Å². The predicted octanol–water partition coefficient (Wildman–Crippen LogP) is 1.57. The van der Waals surface area contributed by atoms with E-state index < -0.39 is 0 Å². The quantitative estimate of drug-likeness (QED) is 0.545. The van der Waals surface area contributed by atoms with Crippen LogP contribution in [0.25, 0.3) is 0 Å². The van der Waals surface area contributed by atoms with E-state index in [4.69, 9.17) is 4.74 Å². The monoisotopic (exact) mass is 306 g/mol. The third-order valence-corrected chi connectivity index (χ3v) is 4.48. The summed E-state index contributed by atoms with van der Waals surface area (Å²) in [5.74, 6) is 0.